The summed E-state index contributed by atoms with van der Waals surface area (Å²) in [6, 6.07) is 4.78. The first kappa shape index (κ1) is 15.3. The quantitative estimate of drug-likeness (QED) is 0.895. The molecule has 1 aromatic rings. The second-order valence-corrected chi connectivity index (χ2v) is 5.74. The van der Waals surface area contributed by atoms with Crippen LogP contribution in [0.1, 0.15) is 43.0 Å². The average molecular weight is 277 g/mol. The number of aryl methyl sites for hydroxylation is 2. The van der Waals surface area contributed by atoms with Crippen LogP contribution in [0.25, 0.3) is 0 Å². The van der Waals surface area contributed by atoms with Gasteiger partial charge in [0.05, 0.1) is 13.2 Å². The van der Waals surface area contributed by atoms with E-state index in [0.29, 0.717) is 18.1 Å². The number of rotatable bonds is 5. The van der Waals surface area contributed by atoms with Gasteiger partial charge in [0.25, 0.3) is 0 Å². The second-order valence-electron chi connectivity index (χ2n) is 5.74. The van der Waals surface area contributed by atoms with Crippen molar-refractivity contribution in [3.63, 3.8) is 0 Å². The van der Waals surface area contributed by atoms with E-state index in [0.717, 1.165) is 25.3 Å². The summed E-state index contributed by atoms with van der Waals surface area (Å²) in [5, 5.41) is 3.66. The minimum atomic E-state index is 0.320. The van der Waals surface area contributed by atoms with E-state index in [1.807, 2.05) is 0 Å². The van der Waals surface area contributed by atoms with Gasteiger partial charge in [-0.1, -0.05) is 13.0 Å². The van der Waals surface area contributed by atoms with Crippen molar-refractivity contribution in [2.24, 2.45) is 5.92 Å². The molecule has 3 nitrogen and oxygen atoms in total. The molecular weight excluding hydrogens is 250 g/mol. The molecule has 20 heavy (non-hydrogen) atoms. The van der Waals surface area contributed by atoms with Crippen LogP contribution in [-0.4, -0.2) is 26.4 Å². The topological polar surface area (TPSA) is 30.5 Å². The standard InChI is InChI=1S/C17H27NO2/c1-6-18-17(14-7-8-20-13(14)4)15-9-12(3)16(19-5)10-11(15)2/h9-10,13-14,17-18H,6-8H2,1-5H3. The third-order valence-corrected chi connectivity index (χ3v) is 4.41. The fraction of sp³-hybridized carbons (Fsp3) is 0.647. The molecule has 0 spiro atoms. The van der Waals surface area contributed by atoms with Gasteiger partial charge in [0.1, 0.15) is 5.75 Å². The van der Waals surface area contributed by atoms with E-state index in [9.17, 15) is 0 Å². The maximum atomic E-state index is 5.76. The van der Waals surface area contributed by atoms with Crippen LogP contribution in [0, 0.1) is 19.8 Å². The van der Waals surface area contributed by atoms with Gasteiger partial charge in [-0.05, 0) is 56.5 Å². The molecule has 3 heteroatoms. The molecule has 0 bridgehead atoms. The average Bonchev–Trinajstić information content (AvgIpc) is 2.84. The molecule has 3 unspecified atom stereocenters. The van der Waals surface area contributed by atoms with Crippen LogP contribution in [-0.2, 0) is 4.74 Å². The molecule has 1 fully saturated rings. The van der Waals surface area contributed by atoms with Crippen LogP contribution in [0.3, 0.4) is 0 Å². The third-order valence-electron chi connectivity index (χ3n) is 4.41. The Morgan fingerprint density at radius 1 is 1.35 bits per heavy atom. The summed E-state index contributed by atoms with van der Waals surface area (Å²) in [5.74, 6) is 1.51. The highest BCUT2D eigenvalue weighted by Gasteiger charge is 2.33. The molecule has 0 amide bonds. The smallest absolute Gasteiger partial charge is 0.122 e. The number of ether oxygens (including phenoxy) is 2. The summed E-state index contributed by atoms with van der Waals surface area (Å²) in [5.41, 5.74) is 3.87. The Morgan fingerprint density at radius 2 is 2.10 bits per heavy atom. The van der Waals surface area contributed by atoms with Gasteiger partial charge in [-0.3, -0.25) is 0 Å². The Labute approximate surface area is 122 Å². The molecule has 0 radical (unpaired) electrons. The van der Waals surface area contributed by atoms with Crippen molar-refractivity contribution >= 4 is 0 Å². The number of nitrogens with one attached hydrogen (secondary N) is 1. The molecule has 1 saturated heterocycles. The zero-order valence-electron chi connectivity index (χ0n) is 13.3. The highest BCUT2D eigenvalue weighted by atomic mass is 16.5. The lowest BCUT2D eigenvalue weighted by molar-refractivity contribution is 0.0955. The minimum absolute atomic E-state index is 0.320. The van der Waals surface area contributed by atoms with E-state index < -0.39 is 0 Å². The summed E-state index contributed by atoms with van der Waals surface area (Å²) in [6.07, 6.45) is 1.45. The van der Waals surface area contributed by atoms with Crippen molar-refractivity contribution in [1.29, 1.82) is 0 Å². The first-order valence-corrected chi connectivity index (χ1v) is 7.58. The lowest BCUT2D eigenvalue weighted by atomic mass is 9.85. The zero-order chi connectivity index (χ0) is 14.7. The van der Waals surface area contributed by atoms with Crippen molar-refractivity contribution in [1.82, 2.24) is 5.32 Å². The molecule has 1 N–H and O–H groups in total. The Balaban J connectivity index is 2.36. The predicted molar refractivity (Wildman–Crippen MR) is 82.4 cm³/mol. The zero-order valence-corrected chi connectivity index (χ0v) is 13.3. The van der Waals surface area contributed by atoms with Gasteiger partial charge >= 0.3 is 0 Å². The number of methoxy groups -OCH3 is 1. The molecule has 0 aliphatic carbocycles. The third kappa shape index (κ3) is 2.99. The summed E-state index contributed by atoms with van der Waals surface area (Å²) in [6.45, 7) is 10.5. The molecule has 3 atom stereocenters. The molecule has 1 aromatic carbocycles. The van der Waals surface area contributed by atoms with Crippen molar-refractivity contribution in [3.8, 4) is 5.75 Å². The second kappa shape index (κ2) is 6.59. The lowest BCUT2D eigenvalue weighted by Gasteiger charge is -2.29. The Morgan fingerprint density at radius 3 is 2.65 bits per heavy atom. The van der Waals surface area contributed by atoms with Crippen LogP contribution in [0.15, 0.2) is 12.1 Å². The van der Waals surface area contributed by atoms with E-state index in [1.54, 1.807) is 7.11 Å². The highest BCUT2D eigenvalue weighted by molar-refractivity contribution is 5.43. The largest absolute Gasteiger partial charge is 0.496 e. The van der Waals surface area contributed by atoms with Crippen molar-refractivity contribution in [3.05, 3.63) is 28.8 Å². The van der Waals surface area contributed by atoms with Crippen LogP contribution < -0.4 is 10.1 Å². The fourth-order valence-electron chi connectivity index (χ4n) is 3.26. The number of hydrogen-bond acceptors (Lipinski definition) is 3. The molecule has 2 rings (SSSR count). The fourth-order valence-corrected chi connectivity index (χ4v) is 3.26. The van der Waals surface area contributed by atoms with E-state index >= 15 is 0 Å². The summed E-state index contributed by atoms with van der Waals surface area (Å²) in [7, 11) is 1.73. The van der Waals surface area contributed by atoms with Crippen molar-refractivity contribution in [2.75, 3.05) is 20.3 Å². The maximum Gasteiger partial charge on any atom is 0.122 e. The van der Waals surface area contributed by atoms with E-state index in [4.69, 9.17) is 9.47 Å². The Hall–Kier alpha value is -1.06. The molecule has 112 valence electrons. The van der Waals surface area contributed by atoms with Crippen LogP contribution in [0.5, 0.6) is 5.75 Å². The molecule has 0 aromatic heterocycles. The maximum absolute atomic E-state index is 5.76. The SMILES string of the molecule is CCNC(c1cc(C)c(OC)cc1C)C1CCOC1C. The van der Waals surface area contributed by atoms with Gasteiger partial charge in [0.2, 0.25) is 0 Å². The lowest BCUT2D eigenvalue weighted by Crippen LogP contribution is -2.32. The van der Waals surface area contributed by atoms with Crippen LogP contribution >= 0.6 is 0 Å². The highest BCUT2D eigenvalue weighted by Crippen LogP contribution is 2.36. The van der Waals surface area contributed by atoms with Gasteiger partial charge in [0.15, 0.2) is 0 Å². The molecule has 1 aliphatic rings. The summed E-state index contributed by atoms with van der Waals surface area (Å²) in [4.78, 5) is 0. The van der Waals surface area contributed by atoms with Gasteiger partial charge < -0.3 is 14.8 Å². The van der Waals surface area contributed by atoms with Crippen molar-refractivity contribution in [2.45, 2.75) is 46.3 Å². The molecular formula is C17H27NO2. The first-order chi connectivity index (χ1) is 9.58. The van der Waals surface area contributed by atoms with Gasteiger partial charge in [-0.25, -0.2) is 0 Å². The van der Waals surface area contributed by atoms with Crippen LogP contribution in [0.2, 0.25) is 0 Å². The monoisotopic (exact) mass is 277 g/mol. The van der Waals surface area contributed by atoms with E-state index in [-0.39, 0.29) is 0 Å². The predicted octanol–water partition coefficient (Wildman–Crippen LogP) is 3.39. The number of benzene rings is 1. The van der Waals surface area contributed by atoms with Crippen molar-refractivity contribution < 1.29 is 9.47 Å². The molecule has 0 saturated carbocycles. The first-order valence-electron chi connectivity index (χ1n) is 7.58. The van der Waals surface area contributed by atoms with Crippen LogP contribution in [0.4, 0.5) is 0 Å². The van der Waals surface area contributed by atoms with Gasteiger partial charge in [-0.15, -0.1) is 0 Å². The van der Waals surface area contributed by atoms with E-state index in [1.165, 1.54) is 16.7 Å². The molecule has 1 aliphatic heterocycles. The van der Waals surface area contributed by atoms with Gasteiger partial charge in [0, 0.05) is 18.6 Å². The summed E-state index contributed by atoms with van der Waals surface area (Å²) < 4.78 is 11.2. The van der Waals surface area contributed by atoms with E-state index in [2.05, 4.69) is 45.1 Å². The number of hydrogen-bond donors (Lipinski definition) is 1. The van der Waals surface area contributed by atoms with Gasteiger partial charge in [-0.2, -0.15) is 0 Å². The Bertz CT molecular complexity index is 459. The summed E-state index contributed by atoms with van der Waals surface area (Å²) >= 11 is 0. The Kier molecular flexibility index (Phi) is 5.06. The normalized spacial score (nSPS) is 23.9. The molecule has 1 heterocycles. The minimum Gasteiger partial charge on any atom is -0.496 e.